The summed E-state index contributed by atoms with van der Waals surface area (Å²) in [7, 11) is 0. The van der Waals surface area contributed by atoms with E-state index in [9.17, 15) is 4.79 Å². The number of hydrogen-bond acceptors (Lipinski definition) is 3. The van der Waals surface area contributed by atoms with Crippen molar-refractivity contribution in [3.63, 3.8) is 0 Å². The Balaban J connectivity index is 1.18. The molecule has 0 radical (unpaired) electrons. The summed E-state index contributed by atoms with van der Waals surface area (Å²) in [5.74, 6) is 0.556. The van der Waals surface area contributed by atoms with E-state index in [-0.39, 0.29) is 12.7 Å². The number of rotatable bonds is 6. The van der Waals surface area contributed by atoms with Crippen LogP contribution in [0.25, 0.3) is 0 Å². The van der Waals surface area contributed by atoms with Crippen molar-refractivity contribution in [2.45, 2.75) is 44.0 Å². The number of alkyl halides is 1. The number of nitrogens with zero attached hydrogens (tertiary/aromatic N) is 1. The highest BCUT2D eigenvalue weighted by Crippen LogP contribution is 2.40. The van der Waals surface area contributed by atoms with Crippen LogP contribution < -0.4 is 5.32 Å². The maximum atomic E-state index is 15.1. The van der Waals surface area contributed by atoms with Gasteiger partial charge in [0.25, 0.3) is 0 Å². The molecule has 1 saturated heterocycles. The van der Waals surface area contributed by atoms with Crippen molar-refractivity contribution in [3.05, 3.63) is 59.7 Å². The van der Waals surface area contributed by atoms with E-state index in [1.807, 2.05) is 30.3 Å². The third kappa shape index (κ3) is 4.59. The second-order valence-corrected chi connectivity index (χ2v) is 7.85. The molecule has 27 heavy (non-hydrogen) atoms. The van der Waals surface area contributed by atoms with E-state index in [4.69, 9.17) is 4.74 Å². The third-order valence-corrected chi connectivity index (χ3v) is 5.82. The van der Waals surface area contributed by atoms with Gasteiger partial charge in [-0.25, -0.2) is 9.18 Å². The van der Waals surface area contributed by atoms with Gasteiger partial charge in [0.05, 0.1) is 0 Å². The Hall–Kier alpha value is -2.14. The normalized spacial score (nSPS) is 26.0. The lowest BCUT2D eigenvalue weighted by molar-refractivity contribution is 0.0407. The SMILES string of the molecule is O=C(OCc1ccccc1)N1CCC(F)(CNC2CC2C2=CCC=C2)CC1. The number of amides is 1. The van der Waals surface area contributed by atoms with E-state index < -0.39 is 5.67 Å². The molecule has 144 valence electrons. The van der Waals surface area contributed by atoms with Crippen LogP contribution in [0.5, 0.6) is 0 Å². The van der Waals surface area contributed by atoms with Crippen LogP contribution in [0.2, 0.25) is 0 Å². The zero-order valence-electron chi connectivity index (χ0n) is 15.6. The molecule has 1 aliphatic heterocycles. The van der Waals surface area contributed by atoms with Crippen LogP contribution in [0.15, 0.2) is 54.1 Å². The van der Waals surface area contributed by atoms with E-state index >= 15 is 4.39 Å². The first kappa shape index (κ1) is 18.2. The smallest absolute Gasteiger partial charge is 0.410 e. The van der Waals surface area contributed by atoms with E-state index in [1.54, 1.807) is 4.90 Å². The molecule has 2 aliphatic carbocycles. The summed E-state index contributed by atoms with van der Waals surface area (Å²) >= 11 is 0. The number of allylic oxidation sites excluding steroid dienone is 3. The largest absolute Gasteiger partial charge is 0.445 e. The first-order valence-corrected chi connectivity index (χ1v) is 9.87. The number of hydrogen-bond donors (Lipinski definition) is 1. The Morgan fingerprint density at radius 3 is 2.74 bits per heavy atom. The van der Waals surface area contributed by atoms with Crippen LogP contribution in [0.1, 0.15) is 31.2 Å². The van der Waals surface area contributed by atoms with E-state index in [0.29, 0.717) is 44.4 Å². The van der Waals surface area contributed by atoms with Crippen LogP contribution >= 0.6 is 0 Å². The molecule has 4 nitrogen and oxygen atoms in total. The van der Waals surface area contributed by atoms with Gasteiger partial charge in [0.2, 0.25) is 0 Å². The fraction of sp³-hybridized carbons (Fsp3) is 0.500. The van der Waals surface area contributed by atoms with Crippen LogP contribution in [0, 0.1) is 5.92 Å². The van der Waals surface area contributed by atoms with Gasteiger partial charge in [0.1, 0.15) is 12.3 Å². The standard InChI is InChI=1S/C22H27FN2O2/c23-22(16-24-20-14-19(20)18-8-4-5-9-18)10-12-25(13-11-22)21(26)27-15-17-6-2-1-3-7-17/h1-4,6-9,19-20,24H,5,10-16H2. The number of benzene rings is 1. The summed E-state index contributed by atoms with van der Waals surface area (Å²) in [5, 5.41) is 3.40. The van der Waals surface area contributed by atoms with Crippen molar-refractivity contribution in [2.24, 2.45) is 5.92 Å². The van der Waals surface area contributed by atoms with Gasteiger partial charge in [-0.3, -0.25) is 0 Å². The van der Waals surface area contributed by atoms with E-state index in [1.165, 1.54) is 5.57 Å². The molecule has 1 saturated carbocycles. The molecular formula is C22H27FN2O2. The van der Waals surface area contributed by atoms with Crippen molar-refractivity contribution >= 4 is 6.09 Å². The fourth-order valence-corrected chi connectivity index (χ4v) is 3.93. The van der Waals surface area contributed by atoms with Gasteiger partial charge in [-0.05, 0) is 24.0 Å². The molecule has 1 heterocycles. The van der Waals surface area contributed by atoms with E-state index in [2.05, 4.69) is 23.5 Å². The number of likely N-dealkylation sites (tertiary alicyclic amines) is 1. The van der Waals surface area contributed by atoms with Gasteiger partial charge in [-0.2, -0.15) is 0 Å². The second-order valence-electron chi connectivity index (χ2n) is 7.85. The van der Waals surface area contributed by atoms with Gasteiger partial charge in [0.15, 0.2) is 0 Å². The van der Waals surface area contributed by atoms with Crippen LogP contribution in [0.4, 0.5) is 9.18 Å². The van der Waals surface area contributed by atoms with Crippen molar-refractivity contribution in [2.75, 3.05) is 19.6 Å². The zero-order valence-corrected chi connectivity index (χ0v) is 15.6. The molecule has 1 amide bonds. The number of ether oxygens (including phenoxy) is 1. The maximum absolute atomic E-state index is 15.1. The third-order valence-electron chi connectivity index (χ3n) is 5.82. The van der Waals surface area contributed by atoms with Gasteiger partial charge in [-0.1, -0.05) is 48.6 Å². The van der Waals surface area contributed by atoms with Gasteiger partial charge < -0.3 is 15.0 Å². The number of carbonyl (C=O) groups is 1. The molecule has 5 heteroatoms. The van der Waals surface area contributed by atoms with Crippen LogP contribution in [-0.4, -0.2) is 42.3 Å². The molecule has 2 unspecified atom stereocenters. The zero-order chi connectivity index (χ0) is 18.7. The van der Waals surface area contributed by atoms with Crippen LogP contribution in [-0.2, 0) is 11.3 Å². The maximum Gasteiger partial charge on any atom is 0.410 e. The van der Waals surface area contributed by atoms with Crippen molar-refractivity contribution in [3.8, 4) is 0 Å². The average molecular weight is 370 g/mol. The number of nitrogens with one attached hydrogen (secondary N) is 1. The minimum Gasteiger partial charge on any atom is -0.445 e. The number of piperidine rings is 1. The van der Waals surface area contributed by atoms with Crippen molar-refractivity contribution in [1.29, 1.82) is 0 Å². The lowest BCUT2D eigenvalue weighted by Crippen LogP contribution is -2.49. The molecule has 3 aliphatic rings. The molecule has 4 rings (SSSR count). The lowest BCUT2D eigenvalue weighted by Gasteiger charge is -2.36. The molecule has 0 aromatic heterocycles. The summed E-state index contributed by atoms with van der Waals surface area (Å²) in [6, 6.07) is 10.0. The van der Waals surface area contributed by atoms with Gasteiger partial charge in [-0.15, -0.1) is 0 Å². The Labute approximate surface area is 160 Å². The van der Waals surface area contributed by atoms with Crippen molar-refractivity contribution in [1.82, 2.24) is 10.2 Å². The summed E-state index contributed by atoms with van der Waals surface area (Å²) in [6.45, 7) is 1.45. The minimum atomic E-state index is -1.23. The Bertz CT molecular complexity index is 723. The highest BCUT2D eigenvalue weighted by atomic mass is 19.1. The monoisotopic (exact) mass is 370 g/mol. The molecular weight excluding hydrogens is 343 g/mol. The fourth-order valence-electron chi connectivity index (χ4n) is 3.93. The summed E-state index contributed by atoms with van der Waals surface area (Å²) in [5.41, 5.74) is 1.12. The summed E-state index contributed by atoms with van der Waals surface area (Å²) < 4.78 is 20.4. The molecule has 0 spiro atoms. The Morgan fingerprint density at radius 1 is 1.26 bits per heavy atom. The average Bonchev–Trinajstić information content (AvgIpc) is 3.27. The highest BCUT2D eigenvalue weighted by Gasteiger charge is 2.42. The first-order chi connectivity index (χ1) is 13.1. The van der Waals surface area contributed by atoms with Gasteiger partial charge in [0, 0.05) is 44.4 Å². The molecule has 0 bridgehead atoms. The number of halogens is 1. The summed E-state index contributed by atoms with van der Waals surface area (Å²) in [6.07, 6.45) is 9.13. The summed E-state index contributed by atoms with van der Waals surface area (Å²) in [4.78, 5) is 13.8. The van der Waals surface area contributed by atoms with Crippen molar-refractivity contribution < 1.29 is 13.9 Å². The number of carbonyl (C=O) groups excluding carboxylic acids is 1. The Kier molecular flexibility index (Phi) is 5.30. The topological polar surface area (TPSA) is 41.6 Å². The molecule has 1 aromatic carbocycles. The molecule has 2 atom stereocenters. The quantitative estimate of drug-likeness (QED) is 0.823. The predicted octanol–water partition coefficient (Wildman–Crippen LogP) is 3.99. The molecule has 1 N–H and O–H groups in total. The second kappa shape index (κ2) is 7.85. The lowest BCUT2D eigenvalue weighted by atomic mass is 9.93. The predicted molar refractivity (Wildman–Crippen MR) is 103 cm³/mol. The van der Waals surface area contributed by atoms with Gasteiger partial charge >= 0.3 is 6.09 Å². The Morgan fingerprint density at radius 2 is 2.04 bits per heavy atom. The van der Waals surface area contributed by atoms with E-state index in [0.717, 1.165) is 18.4 Å². The highest BCUT2D eigenvalue weighted by molar-refractivity contribution is 5.67. The van der Waals surface area contributed by atoms with Crippen LogP contribution in [0.3, 0.4) is 0 Å². The first-order valence-electron chi connectivity index (χ1n) is 9.87. The molecule has 1 aromatic rings. The minimum absolute atomic E-state index is 0.256. The molecule has 2 fully saturated rings.